The summed E-state index contributed by atoms with van der Waals surface area (Å²) in [6, 6.07) is 18.8. The van der Waals surface area contributed by atoms with Crippen molar-refractivity contribution in [2.45, 2.75) is 69.5 Å². The number of carbonyl (C=O) groups is 3. The van der Waals surface area contributed by atoms with Crippen LogP contribution in [-0.4, -0.2) is 75.0 Å². The first-order valence-corrected chi connectivity index (χ1v) is 17.5. The number of aromatic amines is 1. The van der Waals surface area contributed by atoms with Gasteiger partial charge in [0.05, 0.1) is 18.0 Å². The quantitative estimate of drug-likeness (QED) is 0.186. The van der Waals surface area contributed by atoms with E-state index in [9.17, 15) is 24.0 Å². The van der Waals surface area contributed by atoms with Crippen molar-refractivity contribution in [3.05, 3.63) is 111 Å². The number of aromatic nitrogens is 4. The molecule has 12 nitrogen and oxygen atoms in total. The lowest BCUT2D eigenvalue weighted by Crippen LogP contribution is -2.45. The summed E-state index contributed by atoms with van der Waals surface area (Å²) >= 11 is 0. The zero-order chi connectivity index (χ0) is 35.7. The lowest BCUT2D eigenvalue weighted by Gasteiger charge is -2.37. The standard InChI is InChI=1S/C38H40FN9O3/c1-3-41-35(50)25-9-13-30-23(15-25)5-6-24-16-26(36(51)42-4-2)10-14-31(24)38(30,37-44-46-47-45-37)19-32(22-7-11-28(39)12-8-22)43-21-34(49)48-29(20-40)17-27-18-33(27)48/h7-16,27,29,32-33,43H,3-6,17-19,21H2,1-2H3,(H,41,50)(H,42,51)(H,44,45,46,47)/t27-,29?,32+,33+/m1/s1. The predicted octanol–water partition coefficient (Wildman–Crippen LogP) is 3.51. The molecule has 1 aliphatic heterocycles. The highest BCUT2D eigenvalue weighted by molar-refractivity contribution is 5.95. The first-order valence-electron chi connectivity index (χ1n) is 17.5. The minimum atomic E-state index is -1.10. The van der Waals surface area contributed by atoms with Gasteiger partial charge < -0.3 is 20.9 Å². The molecule has 2 aliphatic carbocycles. The summed E-state index contributed by atoms with van der Waals surface area (Å²) in [4.78, 5) is 41.5. The highest BCUT2D eigenvalue weighted by Gasteiger charge is 2.54. The van der Waals surface area contributed by atoms with Crippen LogP contribution in [0.5, 0.6) is 0 Å². The van der Waals surface area contributed by atoms with E-state index in [1.807, 2.05) is 38.1 Å². The molecule has 4 aromatic rings. The van der Waals surface area contributed by atoms with Crippen molar-refractivity contribution in [3.8, 4) is 6.07 Å². The SMILES string of the molecule is CCNC(=O)c1ccc2c(c1)CCc1cc(C(=O)NCC)ccc1C2(C[C@H](NCC(=O)N1C(C#N)C[C@@H]2C[C@@H]21)c1ccc(F)cc1)c1nn[nH]n1. The van der Waals surface area contributed by atoms with Gasteiger partial charge >= 0.3 is 0 Å². The molecule has 13 heteroatoms. The number of fused-ring (bicyclic) bond motifs is 3. The Kier molecular flexibility index (Phi) is 9.35. The fourth-order valence-electron chi connectivity index (χ4n) is 8.09. The van der Waals surface area contributed by atoms with E-state index in [4.69, 9.17) is 0 Å². The van der Waals surface area contributed by atoms with Gasteiger partial charge in [-0.3, -0.25) is 14.4 Å². The van der Waals surface area contributed by atoms with Crippen molar-refractivity contribution in [3.63, 3.8) is 0 Å². The number of piperidine rings is 1. The topological polar surface area (TPSA) is 169 Å². The molecule has 4 N–H and O–H groups in total. The van der Waals surface area contributed by atoms with Gasteiger partial charge in [-0.1, -0.05) is 29.5 Å². The summed E-state index contributed by atoms with van der Waals surface area (Å²) in [5.74, 6) is -0.187. The molecule has 1 saturated heterocycles. The third kappa shape index (κ3) is 6.36. The van der Waals surface area contributed by atoms with Gasteiger partial charge in [0, 0.05) is 36.3 Å². The van der Waals surface area contributed by atoms with Crippen molar-refractivity contribution in [1.29, 1.82) is 5.26 Å². The minimum absolute atomic E-state index is 0.0439. The molecule has 3 amide bonds. The fourth-order valence-corrected chi connectivity index (χ4v) is 8.09. The molecule has 51 heavy (non-hydrogen) atoms. The monoisotopic (exact) mass is 689 g/mol. The van der Waals surface area contributed by atoms with E-state index in [2.05, 4.69) is 42.6 Å². The van der Waals surface area contributed by atoms with Crippen LogP contribution < -0.4 is 16.0 Å². The molecule has 1 aromatic heterocycles. The van der Waals surface area contributed by atoms with Gasteiger partial charge in [0.25, 0.3) is 11.8 Å². The lowest BCUT2D eigenvalue weighted by molar-refractivity contribution is -0.131. The Bertz CT molecular complexity index is 1920. The molecule has 3 aliphatic rings. The van der Waals surface area contributed by atoms with Gasteiger partial charge in [0.1, 0.15) is 11.9 Å². The van der Waals surface area contributed by atoms with Crippen LogP contribution in [-0.2, 0) is 23.1 Å². The number of hydrogen-bond donors (Lipinski definition) is 4. The van der Waals surface area contributed by atoms with E-state index in [0.717, 1.165) is 34.2 Å². The van der Waals surface area contributed by atoms with Crippen LogP contribution in [0.25, 0.3) is 0 Å². The lowest BCUT2D eigenvalue weighted by atomic mass is 9.67. The molecule has 0 bridgehead atoms. The fraction of sp³-hybridized carbons (Fsp3) is 0.395. The van der Waals surface area contributed by atoms with Crippen molar-refractivity contribution in [2.75, 3.05) is 19.6 Å². The molecule has 262 valence electrons. The largest absolute Gasteiger partial charge is 0.352 e. The van der Waals surface area contributed by atoms with Gasteiger partial charge in [-0.25, -0.2) is 4.39 Å². The number of aryl methyl sites for hydroxylation is 2. The Balaban J connectivity index is 1.37. The molecule has 0 radical (unpaired) electrons. The zero-order valence-corrected chi connectivity index (χ0v) is 28.6. The highest BCUT2D eigenvalue weighted by atomic mass is 19.1. The molecular weight excluding hydrogens is 649 g/mol. The minimum Gasteiger partial charge on any atom is -0.352 e. The summed E-state index contributed by atoms with van der Waals surface area (Å²) in [5.41, 5.74) is 4.18. The first kappa shape index (κ1) is 34.0. The number of likely N-dealkylation sites (tertiary alicyclic amines) is 1. The van der Waals surface area contributed by atoms with Crippen LogP contribution in [0.2, 0.25) is 0 Å². The van der Waals surface area contributed by atoms with Crippen molar-refractivity contribution in [2.24, 2.45) is 5.92 Å². The normalized spacial score (nSPS) is 20.2. The Morgan fingerprint density at radius 1 is 0.961 bits per heavy atom. The number of H-pyrrole nitrogens is 1. The smallest absolute Gasteiger partial charge is 0.251 e. The first-order chi connectivity index (χ1) is 24.8. The maximum Gasteiger partial charge on any atom is 0.251 e. The predicted molar refractivity (Wildman–Crippen MR) is 185 cm³/mol. The number of amides is 3. The number of carbonyl (C=O) groups excluding carboxylic acids is 3. The second-order valence-electron chi connectivity index (χ2n) is 13.5. The van der Waals surface area contributed by atoms with Crippen LogP contribution in [0.3, 0.4) is 0 Å². The summed E-state index contributed by atoms with van der Waals surface area (Å²) in [5, 5.41) is 34.8. The third-order valence-electron chi connectivity index (χ3n) is 10.5. The molecule has 2 fully saturated rings. The van der Waals surface area contributed by atoms with Gasteiger partial charge in [-0.05, 0) is 116 Å². The number of benzene rings is 3. The van der Waals surface area contributed by atoms with E-state index in [0.29, 0.717) is 55.2 Å². The van der Waals surface area contributed by atoms with E-state index in [1.165, 1.54) is 12.1 Å². The maximum absolute atomic E-state index is 14.3. The van der Waals surface area contributed by atoms with Crippen molar-refractivity contribution >= 4 is 17.7 Å². The average Bonchev–Trinajstić information content (AvgIpc) is 3.51. The number of hydrogen-bond acceptors (Lipinski definition) is 8. The Morgan fingerprint density at radius 2 is 1.59 bits per heavy atom. The van der Waals surface area contributed by atoms with Crippen molar-refractivity contribution in [1.82, 2.24) is 41.5 Å². The highest BCUT2D eigenvalue weighted by Crippen LogP contribution is 2.50. The Morgan fingerprint density at radius 3 is 2.14 bits per heavy atom. The summed E-state index contributed by atoms with van der Waals surface area (Å²) < 4.78 is 14.3. The van der Waals surface area contributed by atoms with E-state index >= 15 is 0 Å². The molecular formula is C38H40FN9O3. The maximum atomic E-state index is 14.3. The van der Waals surface area contributed by atoms with Crippen LogP contribution in [0, 0.1) is 23.1 Å². The van der Waals surface area contributed by atoms with Gasteiger partial charge in [0.2, 0.25) is 5.91 Å². The van der Waals surface area contributed by atoms with Gasteiger partial charge in [0.15, 0.2) is 5.82 Å². The summed E-state index contributed by atoms with van der Waals surface area (Å²) in [6.07, 6.45) is 3.00. The molecule has 0 spiro atoms. The van der Waals surface area contributed by atoms with Crippen LogP contribution in [0.4, 0.5) is 4.39 Å². The molecule has 3 aromatic carbocycles. The van der Waals surface area contributed by atoms with E-state index in [-0.39, 0.29) is 36.7 Å². The number of nitrogens with one attached hydrogen (secondary N) is 4. The Hall–Kier alpha value is -5.48. The van der Waals surface area contributed by atoms with Crippen LogP contribution in [0.1, 0.15) is 93.5 Å². The van der Waals surface area contributed by atoms with E-state index in [1.54, 1.807) is 29.2 Å². The molecule has 7 rings (SSSR count). The third-order valence-corrected chi connectivity index (χ3v) is 10.5. The second-order valence-corrected chi connectivity index (χ2v) is 13.5. The summed E-state index contributed by atoms with van der Waals surface area (Å²) in [7, 11) is 0. The van der Waals surface area contributed by atoms with Crippen molar-refractivity contribution < 1.29 is 18.8 Å². The van der Waals surface area contributed by atoms with Gasteiger partial charge in [-0.15, -0.1) is 10.2 Å². The molecule has 1 saturated carbocycles. The number of rotatable bonds is 11. The second kappa shape index (κ2) is 14.0. The Labute approximate surface area is 295 Å². The molecule has 4 atom stereocenters. The average molecular weight is 690 g/mol. The number of tetrazole rings is 1. The number of nitrogens with zero attached hydrogens (tertiary/aromatic N) is 5. The number of nitriles is 1. The van der Waals surface area contributed by atoms with Gasteiger partial charge in [-0.2, -0.15) is 10.5 Å². The molecule has 2 heterocycles. The zero-order valence-electron chi connectivity index (χ0n) is 28.6. The molecule has 1 unspecified atom stereocenters. The number of halogens is 1. The van der Waals surface area contributed by atoms with Crippen LogP contribution in [0.15, 0.2) is 60.7 Å². The summed E-state index contributed by atoms with van der Waals surface area (Å²) in [6.45, 7) is 4.65. The van der Waals surface area contributed by atoms with Crippen LogP contribution >= 0.6 is 0 Å². The van der Waals surface area contributed by atoms with E-state index < -0.39 is 23.3 Å².